The highest BCUT2D eigenvalue weighted by Gasteiger charge is 2.22. The summed E-state index contributed by atoms with van der Waals surface area (Å²) in [7, 11) is -3.53. The molecule has 1 aromatic carbocycles. The zero-order chi connectivity index (χ0) is 15.7. The monoisotopic (exact) mass is 354 g/mol. The fraction of sp³-hybridized carbons (Fsp3) is 0.143. The van der Waals surface area contributed by atoms with Crippen LogP contribution in [0.2, 0.25) is 4.34 Å². The van der Waals surface area contributed by atoms with E-state index in [1.165, 1.54) is 6.07 Å². The normalized spacial score (nSPS) is 11.7. The Hall–Kier alpha value is -1.70. The van der Waals surface area contributed by atoms with Gasteiger partial charge in [-0.3, -0.25) is 0 Å². The fourth-order valence-corrected chi connectivity index (χ4v) is 4.64. The van der Waals surface area contributed by atoms with Gasteiger partial charge in [0, 0.05) is 5.56 Å². The fourth-order valence-electron chi connectivity index (χ4n) is 1.91. The summed E-state index contributed by atoms with van der Waals surface area (Å²) in [6.07, 6.45) is 0. The molecule has 0 amide bonds. The number of hydrogen-bond acceptors (Lipinski definition) is 6. The van der Waals surface area contributed by atoms with Crippen molar-refractivity contribution in [2.24, 2.45) is 0 Å². The van der Waals surface area contributed by atoms with Gasteiger partial charge in [-0.2, -0.15) is 4.98 Å². The lowest BCUT2D eigenvalue weighted by Crippen LogP contribution is -2.03. The molecule has 0 radical (unpaired) electrons. The Morgan fingerprint density at radius 1 is 1.27 bits per heavy atom. The number of aromatic nitrogens is 2. The lowest BCUT2D eigenvalue weighted by Gasteiger charge is -1.96. The molecule has 0 aliphatic carbocycles. The van der Waals surface area contributed by atoms with Gasteiger partial charge in [-0.25, -0.2) is 8.42 Å². The first-order valence-electron chi connectivity index (χ1n) is 6.32. The number of sulfone groups is 1. The van der Waals surface area contributed by atoms with Gasteiger partial charge in [-0.05, 0) is 25.1 Å². The molecule has 22 heavy (non-hydrogen) atoms. The average Bonchev–Trinajstić information content (AvgIpc) is 3.08. The third-order valence-corrected chi connectivity index (χ3v) is 6.33. The van der Waals surface area contributed by atoms with Crippen molar-refractivity contribution >= 4 is 32.8 Å². The van der Waals surface area contributed by atoms with E-state index in [0.717, 1.165) is 22.5 Å². The van der Waals surface area contributed by atoms with Crippen molar-refractivity contribution in [2.45, 2.75) is 16.9 Å². The second-order valence-electron chi connectivity index (χ2n) is 4.70. The molecule has 0 N–H and O–H groups in total. The number of benzene rings is 1. The van der Waals surface area contributed by atoms with Crippen LogP contribution in [0.15, 0.2) is 45.1 Å². The van der Waals surface area contributed by atoms with Gasteiger partial charge in [0.25, 0.3) is 0 Å². The number of hydrogen-bond donors (Lipinski definition) is 0. The smallest absolute Gasteiger partial charge is 0.242 e. The van der Waals surface area contributed by atoms with E-state index in [1.54, 1.807) is 6.07 Å². The van der Waals surface area contributed by atoms with E-state index >= 15 is 0 Å². The topological polar surface area (TPSA) is 73.1 Å². The van der Waals surface area contributed by atoms with Crippen LogP contribution in [0.3, 0.4) is 0 Å². The van der Waals surface area contributed by atoms with E-state index in [1.807, 2.05) is 31.2 Å². The Labute approximate surface area is 136 Å². The molecule has 0 spiro atoms. The van der Waals surface area contributed by atoms with Crippen molar-refractivity contribution in [3.8, 4) is 11.4 Å². The second kappa shape index (κ2) is 5.83. The van der Waals surface area contributed by atoms with Crippen molar-refractivity contribution in [1.29, 1.82) is 0 Å². The maximum atomic E-state index is 12.2. The number of thiophene rings is 1. The molecule has 0 aliphatic heterocycles. The molecule has 0 aliphatic rings. The summed E-state index contributed by atoms with van der Waals surface area (Å²) in [4.78, 5) is 4.15. The van der Waals surface area contributed by atoms with Gasteiger partial charge in [0.1, 0.15) is 9.96 Å². The lowest BCUT2D eigenvalue weighted by molar-refractivity contribution is 0.389. The van der Waals surface area contributed by atoms with Gasteiger partial charge in [-0.15, -0.1) is 11.3 Å². The minimum absolute atomic E-state index is 0.0565. The van der Waals surface area contributed by atoms with Gasteiger partial charge in [0.2, 0.25) is 11.7 Å². The Kier molecular flexibility index (Phi) is 4.03. The molecule has 3 rings (SSSR count). The van der Waals surface area contributed by atoms with Gasteiger partial charge in [0.15, 0.2) is 9.84 Å². The zero-order valence-electron chi connectivity index (χ0n) is 11.5. The molecule has 5 nitrogen and oxygen atoms in total. The first-order valence-corrected chi connectivity index (χ1v) is 9.16. The minimum Gasteiger partial charge on any atom is -0.338 e. The lowest BCUT2D eigenvalue weighted by atomic mass is 10.1. The van der Waals surface area contributed by atoms with Gasteiger partial charge in [-0.1, -0.05) is 40.5 Å². The average molecular weight is 355 g/mol. The highest BCUT2D eigenvalue weighted by atomic mass is 35.5. The second-order valence-corrected chi connectivity index (χ2v) is 8.63. The van der Waals surface area contributed by atoms with E-state index in [2.05, 4.69) is 10.1 Å². The van der Waals surface area contributed by atoms with E-state index in [4.69, 9.17) is 16.1 Å². The van der Waals surface area contributed by atoms with Crippen LogP contribution in [-0.2, 0) is 15.6 Å². The summed E-state index contributed by atoms with van der Waals surface area (Å²) in [5.41, 5.74) is 1.84. The van der Waals surface area contributed by atoms with Gasteiger partial charge >= 0.3 is 0 Å². The Morgan fingerprint density at radius 2 is 2.09 bits per heavy atom. The molecule has 0 saturated heterocycles. The van der Waals surface area contributed by atoms with Crippen LogP contribution >= 0.6 is 22.9 Å². The van der Waals surface area contributed by atoms with E-state index < -0.39 is 9.84 Å². The summed E-state index contributed by atoms with van der Waals surface area (Å²) < 4.78 is 30.1. The predicted molar refractivity (Wildman–Crippen MR) is 84.7 cm³/mol. The van der Waals surface area contributed by atoms with Crippen molar-refractivity contribution in [1.82, 2.24) is 10.1 Å². The summed E-state index contributed by atoms with van der Waals surface area (Å²) in [6.45, 7) is 1.95. The van der Waals surface area contributed by atoms with Gasteiger partial charge < -0.3 is 4.52 Å². The third kappa shape index (κ3) is 3.21. The molecule has 8 heteroatoms. The van der Waals surface area contributed by atoms with Crippen LogP contribution < -0.4 is 0 Å². The highest BCUT2D eigenvalue weighted by Crippen LogP contribution is 2.28. The molecule has 0 atom stereocenters. The number of rotatable bonds is 4. The Bertz CT molecular complexity index is 916. The van der Waals surface area contributed by atoms with Crippen LogP contribution in [0, 0.1) is 6.92 Å². The number of halogens is 1. The molecular weight excluding hydrogens is 344 g/mol. The standard InChI is InChI=1S/C14H11ClN2O3S2/c1-9-3-2-4-10(7-9)14-16-12(20-17-14)8-22(18,19)13-6-5-11(15)21-13/h2-7H,8H2,1H3. The van der Waals surface area contributed by atoms with E-state index in [9.17, 15) is 8.42 Å². The summed E-state index contributed by atoms with van der Waals surface area (Å²) in [5, 5.41) is 3.84. The van der Waals surface area contributed by atoms with Crippen LogP contribution in [0.5, 0.6) is 0 Å². The van der Waals surface area contributed by atoms with Crippen molar-refractivity contribution in [3.63, 3.8) is 0 Å². The maximum Gasteiger partial charge on any atom is 0.242 e. The Morgan fingerprint density at radius 3 is 2.77 bits per heavy atom. The van der Waals surface area contributed by atoms with Crippen molar-refractivity contribution in [3.05, 3.63) is 52.2 Å². The quantitative estimate of drug-likeness (QED) is 0.713. The SMILES string of the molecule is Cc1cccc(-c2noc(CS(=O)(=O)c3ccc(Cl)s3)n2)c1. The first kappa shape index (κ1) is 15.2. The minimum atomic E-state index is -3.53. The largest absolute Gasteiger partial charge is 0.338 e. The van der Waals surface area contributed by atoms with Crippen LogP contribution in [0.1, 0.15) is 11.5 Å². The predicted octanol–water partition coefficient (Wildman–Crippen LogP) is 3.73. The summed E-state index contributed by atoms with van der Waals surface area (Å²) >= 11 is 6.78. The van der Waals surface area contributed by atoms with Gasteiger partial charge in [0.05, 0.1) is 4.34 Å². The molecule has 2 heterocycles. The van der Waals surface area contributed by atoms with Crippen LogP contribution in [-0.4, -0.2) is 18.6 Å². The molecule has 0 unspecified atom stereocenters. The third-order valence-electron chi connectivity index (χ3n) is 2.91. The van der Waals surface area contributed by atoms with Crippen molar-refractivity contribution < 1.29 is 12.9 Å². The summed E-state index contributed by atoms with van der Waals surface area (Å²) in [6, 6.07) is 10.6. The number of nitrogens with zero attached hydrogens (tertiary/aromatic N) is 2. The molecule has 0 saturated carbocycles. The maximum absolute atomic E-state index is 12.2. The van der Waals surface area contributed by atoms with Crippen LogP contribution in [0.4, 0.5) is 0 Å². The molecular formula is C14H11ClN2O3S2. The molecule has 114 valence electrons. The van der Waals surface area contributed by atoms with Crippen LogP contribution in [0.25, 0.3) is 11.4 Å². The molecule has 0 bridgehead atoms. The van der Waals surface area contributed by atoms with E-state index in [0.29, 0.717) is 10.2 Å². The Balaban J connectivity index is 1.86. The molecule has 3 aromatic rings. The first-order chi connectivity index (χ1) is 10.4. The van der Waals surface area contributed by atoms with Crippen molar-refractivity contribution in [2.75, 3.05) is 0 Å². The van der Waals surface area contributed by atoms with E-state index in [-0.39, 0.29) is 15.9 Å². The zero-order valence-corrected chi connectivity index (χ0v) is 13.9. The molecule has 2 aromatic heterocycles. The highest BCUT2D eigenvalue weighted by molar-refractivity contribution is 7.92. The summed E-state index contributed by atoms with van der Waals surface area (Å²) in [5.74, 6) is 0.0852. The number of aryl methyl sites for hydroxylation is 1. The molecule has 0 fully saturated rings.